The number of aromatic nitrogens is 4. The van der Waals surface area contributed by atoms with Gasteiger partial charge in [-0.1, -0.05) is 23.6 Å². The van der Waals surface area contributed by atoms with Gasteiger partial charge in [-0.25, -0.2) is 0 Å². The van der Waals surface area contributed by atoms with Crippen molar-refractivity contribution in [1.82, 2.24) is 19.7 Å². The summed E-state index contributed by atoms with van der Waals surface area (Å²) in [5, 5.41) is 18.7. The van der Waals surface area contributed by atoms with Gasteiger partial charge in [0, 0.05) is 11.8 Å². The topological polar surface area (TPSA) is 73.1 Å². The lowest BCUT2D eigenvalue weighted by atomic mass is 10.1. The summed E-state index contributed by atoms with van der Waals surface area (Å²) in [4.78, 5) is 4.26. The minimum Gasteiger partial charge on any atom is -0.486 e. The molecule has 1 aromatic carbocycles. The fraction of sp³-hybridized carbons (Fsp3) is 0.375. The zero-order valence-corrected chi connectivity index (χ0v) is 29.8. The predicted molar refractivity (Wildman–Crippen MR) is 194 cm³/mol. The monoisotopic (exact) mass is 722 g/mol. The van der Waals surface area contributed by atoms with Crippen molar-refractivity contribution < 1.29 is 9.84 Å². The van der Waals surface area contributed by atoms with Crippen molar-refractivity contribution in [1.29, 1.82) is 0 Å². The smallest absolute Gasteiger partial charge is 0.197 e. The van der Waals surface area contributed by atoms with E-state index < -0.39 is 26.5 Å². The van der Waals surface area contributed by atoms with Gasteiger partial charge < -0.3 is 9.84 Å². The molecule has 0 spiro atoms. The first-order valence-corrected chi connectivity index (χ1v) is 16.3. The normalized spacial score (nSPS) is 20.4. The van der Waals surface area contributed by atoms with E-state index >= 15 is 0 Å². The number of aliphatic hydroxyl groups is 1. The quantitative estimate of drug-likeness (QED) is 0.0977. The molecule has 1 fully saturated rings. The Bertz CT molecular complexity index is 1440. The van der Waals surface area contributed by atoms with Crippen molar-refractivity contribution in [3.05, 3.63) is 59.7 Å². The maximum Gasteiger partial charge on any atom is 0.197 e. The SMILES string of the molecule is Cc1cc(OCc2nnc(SC3(S)C(S)(S)C(S)(S)C(S)(S)C3(S)S)n2-c2cccnc2)ccc1C#CC(C)O. The highest BCUT2D eigenvalue weighted by Gasteiger charge is 2.81. The lowest BCUT2D eigenvalue weighted by Crippen LogP contribution is -2.49. The number of thiol groups is 9. The lowest BCUT2D eigenvalue weighted by Gasteiger charge is -2.43. The van der Waals surface area contributed by atoms with E-state index in [1.165, 1.54) is 11.8 Å². The molecular weight excluding hydrogens is 697 g/mol. The Labute approximate surface area is 287 Å². The Morgan fingerprint density at radius 1 is 0.975 bits per heavy atom. The number of benzene rings is 1. The van der Waals surface area contributed by atoms with Gasteiger partial charge in [0.2, 0.25) is 0 Å². The van der Waals surface area contributed by atoms with Crippen LogP contribution in [0.2, 0.25) is 0 Å². The summed E-state index contributed by atoms with van der Waals surface area (Å²) in [6, 6.07) is 9.20. The van der Waals surface area contributed by atoms with Gasteiger partial charge in [0.25, 0.3) is 0 Å². The molecule has 40 heavy (non-hydrogen) atoms. The number of rotatable bonds is 6. The maximum absolute atomic E-state index is 9.45. The molecule has 214 valence electrons. The van der Waals surface area contributed by atoms with Gasteiger partial charge >= 0.3 is 0 Å². The number of aliphatic hydroxyl groups excluding tert-OH is 1. The number of aryl methyl sites for hydroxylation is 1. The summed E-state index contributed by atoms with van der Waals surface area (Å²) in [7, 11) is 0. The molecule has 0 radical (unpaired) electrons. The van der Waals surface area contributed by atoms with Crippen molar-refractivity contribution in [2.45, 2.75) is 52.1 Å². The second-order valence-electron chi connectivity index (χ2n) is 9.09. The van der Waals surface area contributed by atoms with E-state index in [0.29, 0.717) is 22.4 Å². The van der Waals surface area contributed by atoms with Crippen LogP contribution in [-0.2, 0) is 6.61 Å². The lowest BCUT2D eigenvalue weighted by molar-refractivity contribution is 0.253. The van der Waals surface area contributed by atoms with Gasteiger partial charge in [-0.3, -0.25) is 9.55 Å². The van der Waals surface area contributed by atoms with E-state index in [4.69, 9.17) is 118 Å². The molecule has 0 aliphatic heterocycles. The fourth-order valence-corrected chi connectivity index (χ4v) is 10.6. The number of ether oxygens (including phenoxy) is 1. The Kier molecular flexibility index (Phi) is 9.99. The molecule has 0 saturated heterocycles. The molecule has 1 N–H and O–H groups in total. The van der Waals surface area contributed by atoms with E-state index in [1.54, 1.807) is 30.0 Å². The Balaban J connectivity index is 1.71. The van der Waals surface area contributed by atoms with E-state index in [9.17, 15) is 5.11 Å². The summed E-state index contributed by atoms with van der Waals surface area (Å²) in [5.74, 6) is 6.84. The number of nitrogens with zero attached hydrogens (tertiary/aromatic N) is 4. The first-order chi connectivity index (χ1) is 18.5. The molecular formula is C24H26N4O2S10. The van der Waals surface area contributed by atoms with Gasteiger partial charge in [-0.05, 0) is 49.7 Å². The third-order valence-electron chi connectivity index (χ3n) is 6.23. The molecule has 1 saturated carbocycles. The third kappa shape index (κ3) is 5.52. The van der Waals surface area contributed by atoms with E-state index in [1.807, 2.05) is 31.2 Å². The van der Waals surface area contributed by atoms with Gasteiger partial charge in [0.05, 0.1) is 11.9 Å². The number of thioether (sulfide) groups is 1. The highest BCUT2D eigenvalue weighted by atomic mass is 32.2. The van der Waals surface area contributed by atoms with E-state index in [0.717, 1.165) is 11.1 Å². The Hall–Kier alpha value is 0.330. The number of hydrogen-bond acceptors (Lipinski definition) is 15. The van der Waals surface area contributed by atoms with Crippen molar-refractivity contribution in [3.8, 4) is 23.3 Å². The van der Waals surface area contributed by atoms with Crippen LogP contribution in [0.5, 0.6) is 5.75 Å². The van der Waals surface area contributed by atoms with E-state index in [-0.39, 0.29) is 6.61 Å². The van der Waals surface area contributed by atoms with Gasteiger partial charge in [-0.2, -0.15) is 114 Å². The molecule has 2 heterocycles. The van der Waals surface area contributed by atoms with Crippen molar-refractivity contribution in [2.75, 3.05) is 0 Å². The van der Waals surface area contributed by atoms with Crippen LogP contribution in [-0.4, -0.2) is 51.4 Å². The Morgan fingerprint density at radius 3 is 2.17 bits per heavy atom. The van der Waals surface area contributed by atoms with Gasteiger partial charge in [-0.15, -0.1) is 10.2 Å². The highest BCUT2D eigenvalue weighted by molar-refractivity contribution is 8.21. The molecule has 4 rings (SSSR count). The van der Waals surface area contributed by atoms with Crippen LogP contribution in [0.4, 0.5) is 0 Å². The van der Waals surface area contributed by atoms with Crippen LogP contribution in [0.15, 0.2) is 47.9 Å². The molecule has 1 aliphatic carbocycles. The first kappa shape index (κ1) is 33.2. The molecule has 2 aromatic heterocycles. The van der Waals surface area contributed by atoms with Gasteiger partial charge in [0.1, 0.15) is 38.9 Å². The zero-order valence-electron chi connectivity index (χ0n) is 20.9. The van der Waals surface area contributed by atoms with Crippen molar-refractivity contribution >= 4 is 125 Å². The molecule has 0 amide bonds. The van der Waals surface area contributed by atoms with E-state index in [2.05, 4.69) is 27.0 Å². The first-order valence-electron chi connectivity index (χ1n) is 11.5. The summed E-state index contributed by atoms with van der Waals surface area (Å²) in [6.07, 6.45) is 2.65. The number of pyridine rings is 1. The zero-order chi connectivity index (χ0) is 29.7. The maximum atomic E-state index is 9.45. The summed E-state index contributed by atoms with van der Waals surface area (Å²) >= 11 is 44.4. The second-order valence-corrected chi connectivity index (χ2v) is 18.0. The largest absolute Gasteiger partial charge is 0.486 e. The minimum absolute atomic E-state index is 0.0894. The Morgan fingerprint density at radius 2 is 1.62 bits per heavy atom. The predicted octanol–water partition coefficient (Wildman–Crippen LogP) is 5.24. The fourth-order valence-electron chi connectivity index (χ4n) is 3.88. The van der Waals surface area contributed by atoms with Crippen LogP contribution in [0.1, 0.15) is 23.9 Å². The van der Waals surface area contributed by atoms with Gasteiger partial charge in [0.15, 0.2) is 11.0 Å². The summed E-state index contributed by atoms with van der Waals surface area (Å²) in [5.41, 5.74) is 2.41. The molecule has 1 aliphatic rings. The summed E-state index contributed by atoms with van der Waals surface area (Å²) < 4.78 is 1.27. The minimum atomic E-state index is -1.34. The number of hydrogen-bond donors (Lipinski definition) is 10. The van der Waals surface area contributed by atoms with Crippen LogP contribution >= 0.6 is 125 Å². The molecule has 6 nitrogen and oxygen atoms in total. The van der Waals surface area contributed by atoms with Crippen molar-refractivity contribution in [3.63, 3.8) is 0 Å². The molecule has 3 aromatic rings. The molecule has 16 heteroatoms. The van der Waals surface area contributed by atoms with Crippen LogP contribution < -0.4 is 4.74 Å². The highest BCUT2D eigenvalue weighted by Crippen LogP contribution is 2.78. The third-order valence-corrected chi connectivity index (χ3v) is 17.3. The average Bonchev–Trinajstić information content (AvgIpc) is 3.30. The molecule has 0 bridgehead atoms. The standard InChI is InChI=1S/C24H26N4O2S10/c1-13-10-17(8-7-15(13)6-5-14(2)29)30-12-18-26-27-19(28(18)16-4-3-9-25-11-16)40-24(39)22(35,36)20(31,32)21(33,34)23(24,37)38/h3-4,7-11,14,29,31-39H,12H2,1-2H3. The second kappa shape index (κ2) is 12.0. The van der Waals surface area contributed by atoms with Crippen LogP contribution in [0, 0.1) is 18.8 Å². The van der Waals surface area contributed by atoms with Crippen LogP contribution in [0.25, 0.3) is 5.69 Å². The molecule has 1 unspecified atom stereocenters. The summed E-state index contributed by atoms with van der Waals surface area (Å²) in [6.45, 7) is 3.63. The van der Waals surface area contributed by atoms with Crippen LogP contribution in [0.3, 0.4) is 0 Å². The molecule has 1 atom stereocenters. The average molecular weight is 723 g/mol. The van der Waals surface area contributed by atoms with Crippen molar-refractivity contribution in [2.24, 2.45) is 0 Å².